The number of carbonyl (C=O) groups excluding carboxylic acids is 2. The number of morpholine rings is 1. The van der Waals surface area contributed by atoms with E-state index in [1.54, 1.807) is 0 Å². The quantitative estimate of drug-likeness (QED) is 0.675. The van der Waals surface area contributed by atoms with Gasteiger partial charge in [-0.1, -0.05) is 13.0 Å². The monoisotopic (exact) mass is 463 g/mol. The second-order valence-corrected chi connectivity index (χ2v) is 10.9. The number of fused-ring (bicyclic) bond motifs is 1. The highest BCUT2D eigenvalue weighted by Crippen LogP contribution is 2.32. The standard InChI is InChI=1S/C21H25N3O5S2/c1-14-5-6-18-16(11-14)13-19(30-18)21(26)23-22-20(25)15-3-2-4-17(12-15)31(27,28)24-7-9-29-10-8-24/h2-4,12-14H,5-11H2,1H3,(H,22,25)(H,23,26). The molecule has 1 aromatic heterocycles. The van der Waals surface area contributed by atoms with Gasteiger partial charge in [-0.2, -0.15) is 4.31 Å². The van der Waals surface area contributed by atoms with Crippen molar-refractivity contribution < 1.29 is 22.7 Å². The van der Waals surface area contributed by atoms with Crippen LogP contribution < -0.4 is 10.9 Å². The summed E-state index contributed by atoms with van der Waals surface area (Å²) in [5.41, 5.74) is 6.18. The van der Waals surface area contributed by atoms with Gasteiger partial charge in [0.2, 0.25) is 10.0 Å². The number of ether oxygens (including phenoxy) is 1. The Labute approximate surface area is 185 Å². The number of hydrazine groups is 1. The fourth-order valence-electron chi connectivity index (χ4n) is 3.80. The Hall–Kier alpha value is -2.27. The van der Waals surface area contributed by atoms with Crippen molar-refractivity contribution >= 4 is 33.2 Å². The molecule has 31 heavy (non-hydrogen) atoms. The molecular weight excluding hydrogens is 438 g/mol. The van der Waals surface area contributed by atoms with E-state index in [-0.39, 0.29) is 29.5 Å². The third-order valence-corrected chi connectivity index (χ3v) is 8.68. The molecule has 2 heterocycles. The molecule has 166 valence electrons. The molecule has 1 aliphatic carbocycles. The van der Waals surface area contributed by atoms with Gasteiger partial charge in [0.25, 0.3) is 11.8 Å². The van der Waals surface area contributed by atoms with E-state index in [0.29, 0.717) is 24.0 Å². The van der Waals surface area contributed by atoms with Crippen molar-refractivity contribution in [3.05, 3.63) is 51.2 Å². The summed E-state index contributed by atoms with van der Waals surface area (Å²) in [6.45, 7) is 3.44. The molecule has 0 spiro atoms. The molecule has 2 amide bonds. The maximum atomic E-state index is 12.8. The number of sulfonamides is 1. The number of hydrogen-bond donors (Lipinski definition) is 2. The van der Waals surface area contributed by atoms with E-state index >= 15 is 0 Å². The van der Waals surface area contributed by atoms with Crippen molar-refractivity contribution in [3.8, 4) is 0 Å². The summed E-state index contributed by atoms with van der Waals surface area (Å²) in [4.78, 5) is 26.8. The van der Waals surface area contributed by atoms with Gasteiger partial charge in [-0.3, -0.25) is 20.4 Å². The number of thiophene rings is 1. The van der Waals surface area contributed by atoms with Gasteiger partial charge in [0.1, 0.15) is 0 Å². The number of rotatable bonds is 4. The molecule has 2 N–H and O–H groups in total. The van der Waals surface area contributed by atoms with Gasteiger partial charge in [0, 0.05) is 23.5 Å². The summed E-state index contributed by atoms with van der Waals surface area (Å²) >= 11 is 1.46. The molecule has 8 nitrogen and oxygen atoms in total. The van der Waals surface area contributed by atoms with Gasteiger partial charge in [-0.25, -0.2) is 8.42 Å². The largest absolute Gasteiger partial charge is 0.379 e. The Morgan fingerprint density at radius 1 is 1.13 bits per heavy atom. The minimum absolute atomic E-state index is 0.0356. The van der Waals surface area contributed by atoms with E-state index in [9.17, 15) is 18.0 Å². The first kappa shape index (κ1) is 21.9. The molecule has 1 atom stereocenters. The second-order valence-electron chi connectivity index (χ2n) is 7.86. The average Bonchev–Trinajstić information content (AvgIpc) is 3.21. The lowest BCUT2D eigenvalue weighted by atomic mass is 9.90. The second kappa shape index (κ2) is 9.07. The molecule has 2 aliphatic rings. The molecule has 0 radical (unpaired) electrons. The first-order valence-electron chi connectivity index (χ1n) is 10.2. The maximum absolute atomic E-state index is 12.8. The Bertz CT molecular complexity index is 1090. The molecule has 0 bridgehead atoms. The van der Waals surface area contributed by atoms with Crippen LogP contribution in [0, 0.1) is 5.92 Å². The van der Waals surface area contributed by atoms with Crippen LogP contribution in [0.15, 0.2) is 35.2 Å². The van der Waals surface area contributed by atoms with Crippen LogP contribution in [0.3, 0.4) is 0 Å². The smallest absolute Gasteiger partial charge is 0.279 e. The lowest BCUT2D eigenvalue weighted by molar-refractivity contribution is 0.0730. The molecule has 2 aromatic rings. The van der Waals surface area contributed by atoms with E-state index in [4.69, 9.17) is 4.74 Å². The fraction of sp³-hybridized carbons (Fsp3) is 0.429. The fourth-order valence-corrected chi connectivity index (χ4v) is 6.36. The Balaban J connectivity index is 1.41. The Kier molecular flexibility index (Phi) is 6.42. The number of hydrogen-bond acceptors (Lipinski definition) is 6. The highest BCUT2D eigenvalue weighted by atomic mass is 32.2. The summed E-state index contributed by atoms with van der Waals surface area (Å²) in [6, 6.07) is 7.69. The Morgan fingerprint density at radius 3 is 2.65 bits per heavy atom. The average molecular weight is 464 g/mol. The number of aryl methyl sites for hydroxylation is 1. The molecule has 1 aliphatic heterocycles. The van der Waals surface area contributed by atoms with Crippen LogP contribution in [0.5, 0.6) is 0 Å². The zero-order valence-corrected chi connectivity index (χ0v) is 18.9. The van der Waals surface area contributed by atoms with Gasteiger partial charge in [0.05, 0.1) is 23.0 Å². The normalized spacial score (nSPS) is 19.5. The highest BCUT2D eigenvalue weighted by Gasteiger charge is 2.27. The van der Waals surface area contributed by atoms with Crippen molar-refractivity contribution in [3.63, 3.8) is 0 Å². The molecule has 10 heteroatoms. The van der Waals surface area contributed by atoms with E-state index in [1.807, 2.05) is 6.07 Å². The molecule has 1 fully saturated rings. The number of carbonyl (C=O) groups is 2. The van der Waals surface area contributed by atoms with E-state index in [1.165, 1.54) is 50.3 Å². The van der Waals surface area contributed by atoms with Crippen LogP contribution in [0.2, 0.25) is 0 Å². The van der Waals surface area contributed by atoms with Crippen molar-refractivity contribution in [2.24, 2.45) is 5.92 Å². The zero-order chi connectivity index (χ0) is 22.0. The van der Waals surface area contributed by atoms with Crippen LogP contribution in [0.1, 0.15) is 43.8 Å². The van der Waals surface area contributed by atoms with Crippen LogP contribution in [-0.2, 0) is 27.6 Å². The number of nitrogens with zero attached hydrogens (tertiary/aromatic N) is 1. The highest BCUT2D eigenvalue weighted by molar-refractivity contribution is 7.89. The Morgan fingerprint density at radius 2 is 1.87 bits per heavy atom. The van der Waals surface area contributed by atoms with Crippen LogP contribution in [0.25, 0.3) is 0 Å². The summed E-state index contributed by atoms with van der Waals surface area (Å²) in [7, 11) is -3.71. The number of benzene rings is 1. The van der Waals surface area contributed by atoms with Gasteiger partial charge >= 0.3 is 0 Å². The zero-order valence-electron chi connectivity index (χ0n) is 17.2. The van der Waals surface area contributed by atoms with E-state index < -0.39 is 15.9 Å². The minimum Gasteiger partial charge on any atom is -0.379 e. The van der Waals surface area contributed by atoms with Crippen molar-refractivity contribution in [2.45, 2.75) is 31.1 Å². The van der Waals surface area contributed by atoms with Gasteiger partial charge in [0.15, 0.2) is 0 Å². The van der Waals surface area contributed by atoms with E-state index in [2.05, 4.69) is 17.8 Å². The lowest BCUT2D eigenvalue weighted by Gasteiger charge is -2.26. The van der Waals surface area contributed by atoms with E-state index in [0.717, 1.165) is 19.3 Å². The number of nitrogens with one attached hydrogen (secondary N) is 2. The molecule has 0 saturated carbocycles. The molecule has 1 aromatic carbocycles. The van der Waals surface area contributed by atoms with Crippen molar-refractivity contribution in [2.75, 3.05) is 26.3 Å². The van der Waals surface area contributed by atoms with Crippen molar-refractivity contribution in [1.82, 2.24) is 15.2 Å². The molecule has 1 unspecified atom stereocenters. The van der Waals surface area contributed by atoms with Crippen LogP contribution in [0.4, 0.5) is 0 Å². The van der Waals surface area contributed by atoms with Crippen molar-refractivity contribution in [1.29, 1.82) is 0 Å². The van der Waals surface area contributed by atoms with Crippen LogP contribution in [-0.4, -0.2) is 50.8 Å². The molecular formula is C21H25N3O5S2. The topological polar surface area (TPSA) is 105 Å². The molecule has 1 saturated heterocycles. The van der Waals surface area contributed by atoms with Gasteiger partial charge < -0.3 is 4.74 Å². The summed E-state index contributed by atoms with van der Waals surface area (Å²) in [6.07, 6.45) is 3.07. The third-order valence-electron chi connectivity index (χ3n) is 5.55. The predicted octanol–water partition coefficient (Wildman–Crippen LogP) is 1.97. The minimum atomic E-state index is -3.71. The predicted molar refractivity (Wildman–Crippen MR) is 116 cm³/mol. The van der Waals surface area contributed by atoms with Gasteiger partial charge in [-0.15, -0.1) is 11.3 Å². The molecule has 4 rings (SSSR count). The lowest BCUT2D eigenvalue weighted by Crippen LogP contribution is -2.42. The summed E-state index contributed by atoms with van der Waals surface area (Å²) in [5.74, 6) is -0.349. The first-order chi connectivity index (χ1) is 14.8. The first-order valence-corrected chi connectivity index (χ1v) is 12.5. The summed E-state index contributed by atoms with van der Waals surface area (Å²) < 4.78 is 32.2. The number of amides is 2. The maximum Gasteiger partial charge on any atom is 0.279 e. The van der Waals surface area contributed by atoms with Crippen LogP contribution >= 0.6 is 11.3 Å². The summed E-state index contributed by atoms with van der Waals surface area (Å²) in [5, 5.41) is 0. The van der Waals surface area contributed by atoms with Gasteiger partial charge in [-0.05, 0) is 55.0 Å². The third kappa shape index (κ3) is 4.82. The SMILES string of the molecule is CC1CCc2sc(C(=O)NNC(=O)c3cccc(S(=O)(=O)N4CCOCC4)c3)cc2C1.